The number of nitrogens with zero attached hydrogens (tertiary/aromatic N) is 1. The van der Waals surface area contributed by atoms with Gasteiger partial charge in [0.2, 0.25) is 0 Å². The van der Waals surface area contributed by atoms with E-state index in [-0.39, 0.29) is 6.10 Å². The first-order valence-electron chi connectivity index (χ1n) is 8.96. The van der Waals surface area contributed by atoms with Gasteiger partial charge in [-0.05, 0) is 44.6 Å². The number of ether oxygens (including phenoxy) is 2. The smallest absolute Gasteiger partial charge is 0.191 e. The zero-order chi connectivity index (χ0) is 18.1. The van der Waals surface area contributed by atoms with E-state index in [1.54, 1.807) is 7.11 Å². The maximum Gasteiger partial charge on any atom is 0.191 e. The van der Waals surface area contributed by atoms with Crippen molar-refractivity contribution in [2.75, 3.05) is 27.0 Å². The fourth-order valence-electron chi connectivity index (χ4n) is 3.09. The highest BCUT2D eigenvalue weighted by atomic mass is 32.2. The van der Waals surface area contributed by atoms with Gasteiger partial charge in [-0.3, -0.25) is 4.99 Å². The molecule has 25 heavy (non-hydrogen) atoms. The summed E-state index contributed by atoms with van der Waals surface area (Å²) >= 11 is 1.97. The van der Waals surface area contributed by atoms with Crippen molar-refractivity contribution in [1.29, 1.82) is 0 Å². The maximum absolute atomic E-state index is 5.98. The van der Waals surface area contributed by atoms with E-state index < -0.39 is 0 Å². The van der Waals surface area contributed by atoms with Crippen LogP contribution in [0.1, 0.15) is 32.6 Å². The SMILES string of the molecule is CN=C(NCC(C)Oc1ccccc1OC)NC1CCCC(SC)C1. The second kappa shape index (κ2) is 10.4. The lowest BCUT2D eigenvalue weighted by atomic mass is 9.95. The van der Waals surface area contributed by atoms with Crippen molar-refractivity contribution in [1.82, 2.24) is 10.6 Å². The van der Waals surface area contributed by atoms with Crippen LogP contribution in [0, 0.1) is 0 Å². The summed E-state index contributed by atoms with van der Waals surface area (Å²) in [7, 11) is 3.47. The molecule has 1 saturated carbocycles. The second-order valence-corrected chi connectivity index (χ2v) is 7.54. The maximum atomic E-state index is 5.98. The lowest BCUT2D eigenvalue weighted by Crippen LogP contribution is -2.47. The summed E-state index contributed by atoms with van der Waals surface area (Å²) in [6, 6.07) is 8.22. The lowest BCUT2D eigenvalue weighted by Gasteiger charge is -2.30. The summed E-state index contributed by atoms with van der Waals surface area (Å²) in [5, 5.41) is 7.69. The molecule has 1 fully saturated rings. The Bertz CT molecular complexity index is 553. The summed E-state index contributed by atoms with van der Waals surface area (Å²) in [5.41, 5.74) is 0. The normalized spacial score (nSPS) is 22.2. The first kappa shape index (κ1) is 19.8. The number of guanidine groups is 1. The second-order valence-electron chi connectivity index (χ2n) is 6.40. The van der Waals surface area contributed by atoms with Gasteiger partial charge in [0.15, 0.2) is 17.5 Å². The Labute approximate surface area is 156 Å². The van der Waals surface area contributed by atoms with Gasteiger partial charge in [0.1, 0.15) is 6.10 Å². The zero-order valence-corrected chi connectivity index (χ0v) is 16.6. The van der Waals surface area contributed by atoms with Gasteiger partial charge in [0.25, 0.3) is 0 Å². The van der Waals surface area contributed by atoms with Crippen molar-refractivity contribution in [3.63, 3.8) is 0 Å². The highest BCUT2D eigenvalue weighted by Gasteiger charge is 2.22. The molecule has 140 valence electrons. The molecule has 1 aromatic carbocycles. The minimum Gasteiger partial charge on any atom is -0.493 e. The molecule has 3 unspecified atom stereocenters. The van der Waals surface area contributed by atoms with E-state index in [0.717, 1.165) is 22.7 Å². The fourth-order valence-corrected chi connectivity index (χ4v) is 3.92. The average molecular weight is 366 g/mol. The highest BCUT2D eigenvalue weighted by molar-refractivity contribution is 7.99. The average Bonchev–Trinajstić information content (AvgIpc) is 2.65. The van der Waals surface area contributed by atoms with Crippen molar-refractivity contribution in [3.05, 3.63) is 24.3 Å². The highest BCUT2D eigenvalue weighted by Crippen LogP contribution is 2.27. The van der Waals surface area contributed by atoms with Gasteiger partial charge in [-0.2, -0.15) is 11.8 Å². The first-order valence-corrected chi connectivity index (χ1v) is 10.2. The summed E-state index contributed by atoms with van der Waals surface area (Å²) in [6.45, 7) is 2.72. The number of para-hydroxylation sites is 2. The van der Waals surface area contributed by atoms with Crippen LogP contribution in [-0.2, 0) is 0 Å². The molecule has 0 bridgehead atoms. The molecule has 0 aromatic heterocycles. The van der Waals surface area contributed by atoms with Crippen LogP contribution >= 0.6 is 11.8 Å². The molecule has 3 atom stereocenters. The molecule has 6 heteroatoms. The van der Waals surface area contributed by atoms with E-state index in [1.807, 2.05) is 50.0 Å². The minimum atomic E-state index is 0.000140. The van der Waals surface area contributed by atoms with Crippen LogP contribution in [0.15, 0.2) is 29.3 Å². The summed E-state index contributed by atoms with van der Waals surface area (Å²) in [6.07, 6.45) is 7.24. The number of hydrogen-bond donors (Lipinski definition) is 2. The molecule has 1 aliphatic carbocycles. The van der Waals surface area contributed by atoms with Gasteiger partial charge < -0.3 is 20.1 Å². The van der Waals surface area contributed by atoms with E-state index in [4.69, 9.17) is 9.47 Å². The number of hydrogen-bond acceptors (Lipinski definition) is 4. The van der Waals surface area contributed by atoms with Crippen LogP contribution < -0.4 is 20.1 Å². The molecule has 0 aliphatic heterocycles. The Hall–Kier alpha value is -1.56. The standard InChI is InChI=1S/C19H31N3O2S/c1-14(24-18-11-6-5-10-17(18)23-3)13-21-19(20-2)22-15-8-7-9-16(12-15)25-4/h5-6,10-11,14-16H,7-9,12-13H2,1-4H3,(H2,20,21,22). The van der Waals surface area contributed by atoms with Crippen molar-refractivity contribution < 1.29 is 9.47 Å². The predicted molar refractivity (Wildman–Crippen MR) is 107 cm³/mol. The van der Waals surface area contributed by atoms with Gasteiger partial charge in [-0.15, -0.1) is 0 Å². The van der Waals surface area contributed by atoms with Gasteiger partial charge in [0, 0.05) is 18.3 Å². The van der Waals surface area contributed by atoms with Crippen LogP contribution in [0.2, 0.25) is 0 Å². The Morgan fingerprint density at radius 1 is 1.32 bits per heavy atom. The number of thioether (sulfide) groups is 1. The van der Waals surface area contributed by atoms with Gasteiger partial charge in [-0.1, -0.05) is 18.6 Å². The van der Waals surface area contributed by atoms with Crippen LogP contribution in [0.25, 0.3) is 0 Å². The number of rotatable bonds is 7. The Morgan fingerprint density at radius 2 is 2.08 bits per heavy atom. The summed E-state index contributed by atoms with van der Waals surface area (Å²) in [5.74, 6) is 2.36. The topological polar surface area (TPSA) is 54.9 Å². The number of aliphatic imine (C=N–C) groups is 1. The lowest BCUT2D eigenvalue weighted by molar-refractivity contribution is 0.213. The molecular formula is C19H31N3O2S. The Balaban J connectivity index is 1.80. The van der Waals surface area contributed by atoms with Crippen molar-refractivity contribution >= 4 is 17.7 Å². The van der Waals surface area contributed by atoms with Crippen molar-refractivity contribution in [2.24, 2.45) is 4.99 Å². The number of nitrogens with one attached hydrogen (secondary N) is 2. The van der Waals surface area contributed by atoms with Gasteiger partial charge in [-0.25, -0.2) is 0 Å². The predicted octanol–water partition coefficient (Wildman–Crippen LogP) is 3.30. The van der Waals surface area contributed by atoms with E-state index in [2.05, 4.69) is 21.9 Å². The Kier molecular flexibility index (Phi) is 8.25. The largest absolute Gasteiger partial charge is 0.493 e. The molecule has 0 heterocycles. The van der Waals surface area contributed by atoms with Crippen LogP contribution in [0.5, 0.6) is 11.5 Å². The molecule has 0 amide bonds. The summed E-state index contributed by atoms with van der Waals surface area (Å²) < 4.78 is 11.3. The van der Waals surface area contributed by atoms with Crippen molar-refractivity contribution in [2.45, 2.75) is 50.0 Å². The van der Waals surface area contributed by atoms with Gasteiger partial charge in [0.05, 0.1) is 13.7 Å². The molecule has 1 aliphatic rings. The molecule has 0 spiro atoms. The third-order valence-electron chi connectivity index (χ3n) is 4.48. The Morgan fingerprint density at radius 3 is 2.76 bits per heavy atom. The zero-order valence-electron chi connectivity index (χ0n) is 15.7. The monoisotopic (exact) mass is 365 g/mol. The van der Waals surface area contributed by atoms with E-state index in [9.17, 15) is 0 Å². The molecule has 5 nitrogen and oxygen atoms in total. The van der Waals surface area contributed by atoms with Crippen LogP contribution in [-0.4, -0.2) is 50.3 Å². The minimum absolute atomic E-state index is 0.000140. The number of methoxy groups -OCH3 is 1. The third-order valence-corrected chi connectivity index (χ3v) is 5.57. The third kappa shape index (κ3) is 6.34. The molecular weight excluding hydrogens is 334 g/mol. The van der Waals surface area contributed by atoms with E-state index in [1.165, 1.54) is 25.7 Å². The molecule has 0 radical (unpaired) electrons. The number of benzene rings is 1. The molecule has 2 N–H and O–H groups in total. The fraction of sp³-hybridized carbons (Fsp3) is 0.632. The van der Waals surface area contributed by atoms with Crippen molar-refractivity contribution in [3.8, 4) is 11.5 Å². The van der Waals surface area contributed by atoms with Crippen LogP contribution in [0.4, 0.5) is 0 Å². The van der Waals surface area contributed by atoms with Gasteiger partial charge >= 0.3 is 0 Å². The molecule has 0 saturated heterocycles. The van der Waals surface area contributed by atoms with Crippen LogP contribution in [0.3, 0.4) is 0 Å². The molecule has 1 aromatic rings. The molecule has 2 rings (SSSR count). The summed E-state index contributed by atoms with van der Waals surface area (Å²) in [4.78, 5) is 4.35. The van der Waals surface area contributed by atoms with E-state index in [0.29, 0.717) is 12.6 Å². The first-order chi connectivity index (χ1) is 12.2. The quantitative estimate of drug-likeness (QED) is 0.574. The van der Waals surface area contributed by atoms with E-state index >= 15 is 0 Å².